The van der Waals surface area contributed by atoms with Crippen molar-refractivity contribution in [3.05, 3.63) is 95.1 Å². The van der Waals surface area contributed by atoms with Crippen molar-refractivity contribution in [1.29, 1.82) is 0 Å². The van der Waals surface area contributed by atoms with Gasteiger partial charge in [-0.2, -0.15) is 5.10 Å². The van der Waals surface area contributed by atoms with Gasteiger partial charge in [0.1, 0.15) is 11.3 Å². The first-order valence-electron chi connectivity index (χ1n) is 12.4. The van der Waals surface area contributed by atoms with Crippen LogP contribution in [0, 0.1) is 13.8 Å². The Bertz CT molecular complexity index is 1700. The van der Waals surface area contributed by atoms with Crippen LogP contribution in [0.2, 0.25) is 0 Å². The molecule has 0 spiro atoms. The van der Waals surface area contributed by atoms with E-state index in [-0.39, 0.29) is 5.75 Å². The first kappa shape index (κ1) is 26.6. The van der Waals surface area contributed by atoms with Crippen LogP contribution < -0.4 is 4.74 Å². The second-order valence-corrected chi connectivity index (χ2v) is 10.1. The Hall–Kier alpha value is -4.04. The zero-order valence-corrected chi connectivity index (χ0v) is 22.5. The average molecular weight is 546 g/mol. The lowest BCUT2D eigenvalue weighted by atomic mass is 9.99. The van der Waals surface area contributed by atoms with Gasteiger partial charge in [-0.05, 0) is 77.9 Å². The van der Waals surface area contributed by atoms with Crippen LogP contribution in [0.15, 0.2) is 77.8 Å². The number of halogens is 3. The van der Waals surface area contributed by atoms with Crippen LogP contribution in [0.25, 0.3) is 32.9 Å². The maximum Gasteiger partial charge on any atom is 0.573 e. The highest BCUT2D eigenvalue weighted by molar-refractivity contribution is 7.80. The SMILES string of the molecule is Cc1cccc(C)c1CC(=S)CN=Cc1ccc2c(ccc3c(-c4ccc(OC(F)(F)F)cc4)n(C)nc32)c1. The summed E-state index contributed by atoms with van der Waals surface area (Å²) in [6, 6.07) is 22.2. The van der Waals surface area contributed by atoms with Crippen LogP contribution in [0.3, 0.4) is 0 Å². The lowest BCUT2D eigenvalue weighted by Gasteiger charge is -2.09. The molecule has 0 aliphatic rings. The van der Waals surface area contributed by atoms with Gasteiger partial charge in [-0.25, -0.2) is 0 Å². The Labute approximate surface area is 229 Å². The first-order valence-corrected chi connectivity index (χ1v) is 12.8. The predicted molar refractivity (Wildman–Crippen MR) is 155 cm³/mol. The van der Waals surface area contributed by atoms with E-state index in [4.69, 9.17) is 17.3 Å². The zero-order chi connectivity index (χ0) is 27.7. The highest BCUT2D eigenvalue weighted by Crippen LogP contribution is 2.34. The van der Waals surface area contributed by atoms with E-state index >= 15 is 0 Å². The van der Waals surface area contributed by atoms with E-state index in [1.54, 1.807) is 16.8 Å². The summed E-state index contributed by atoms with van der Waals surface area (Å²) in [6.07, 6.45) is -2.15. The standard InChI is InChI=1S/C31H26F3N3OS/c1-19-5-4-6-20(2)28(19)16-25(39)18-35-17-21-7-13-26-23(15-21)10-14-27-29(26)36-37(3)30(27)22-8-11-24(12-9-22)38-31(32,33)34/h4-15,17H,16,18H2,1-3H3. The molecule has 1 aromatic heterocycles. The third-order valence-corrected chi connectivity index (χ3v) is 7.01. The van der Waals surface area contributed by atoms with Gasteiger partial charge in [0.25, 0.3) is 0 Å². The number of aliphatic imine (C=N–C) groups is 1. The van der Waals surface area contributed by atoms with Gasteiger partial charge in [0.05, 0.1) is 12.2 Å². The van der Waals surface area contributed by atoms with Crippen molar-refractivity contribution in [2.75, 3.05) is 6.54 Å². The number of thiocarbonyl (C=S) groups is 1. The van der Waals surface area contributed by atoms with Gasteiger partial charge < -0.3 is 4.74 Å². The molecule has 0 saturated carbocycles. The van der Waals surface area contributed by atoms with E-state index < -0.39 is 6.36 Å². The number of aromatic nitrogens is 2. The summed E-state index contributed by atoms with van der Waals surface area (Å²) in [6.45, 7) is 4.69. The average Bonchev–Trinajstić information content (AvgIpc) is 3.22. The summed E-state index contributed by atoms with van der Waals surface area (Å²) in [4.78, 5) is 5.48. The number of benzene rings is 4. The number of nitrogens with zero attached hydrogens (tertiary/aromatic N) is 3. The van der Waals surface area contributed by atoms with E-state index in [1.807, 2.05) is 37.5 Å². The molecule has 0 amide bonds. The van der Waals surface area contributed by atoms with Gasteiger partial charge in [0, 0.05) is 40.9 Å². The molecule has 198 valence electrons. The molecule has 4 nitrogen and oxygen atoms in total. The van der Waals surface area contributed by atoms with Gasteiger partial charge >= 0.3 is 6.36 Å². The van der Waals surface area contributed by atoms with Gasteiger partial charge in [-0.1, -0.05) is 48.6 Å². The summed E-state index contributed by atoms with van der Waals surface area (Å²) in [5.41, 5.74) is 7.10. The van der Waals surface area contributed by atoms with E-state index in [0.717, 1.165) is 49.8 Å². The third-order valence-electron chi connectivity index (χ3n) is 6.73. The molecule has 8 heteroatoms. The minimum Gasteiger partial charge on any atom is -0.406 e. The van der Waals surface area contributed by atoms with Crippen LogP contribution in [0.1, 0.15) is 22.3 Å². The molecule has 0 bridgehead atoms. The molecule has 5 aromatic rings. The number of rotatable bonds is 7. The molecular weight excluding hydrogens is 519 g/mol. The Kier molecular flexibility index (Phi) is 7.23. The van der Waals surface area contributed by atoms with E-state index in [0.29, 0.717) is 6.54 Å². The van der Waals surface area contributed by atoms with Crippen molar-refractivity contribution < 1.29 is 17.9 Å². The molecule has 0 radical (unpaired) electrons. The van der Waals surface area contributed by atoms with Crippen LogP contribution >= 0.6 is 12.2 Å². The van der Waals surface area contributed by atoms with Gasteiger partial charge in [-0.3, -0.25) is 9.67 Å². The fourth-order valence-electron chi connectivity index (χ4n) is 4.88. The smallest absolute Gasteiger partial charge is 0.406 e. The van der Waals surface area contributed by atoms with Crippen molar-refractivity contribution in [3.63, 3.8) is 0 Å². The van der Waals surface area contributed by atoms with Crippen LogP contribution in [0.4, 0.5) is 13.2 Å². The van der Waals surface area contributed by atoms with Crippen molar-refractivity contribution in [2.45, 2.75) is 26.6 Å². The van der Waals surface area contributed by atoms with Crippen LogP contribution in [0.5, 0.6) is 5.75 Å². The first-order chi connectivity index (χ1) is 18.6. The maximum atomic E-state index is 12.5. The molecular formula is C31H26F3N3OS. The highest BCUT2D eigenvalue weighted by Gasteiger charge is 2.31. The topological polar surface area (TPSA) is 39.4 Å². The summed E-state index contributed by atoms with van der Waals surface area (Å²) >= 11 is 5.60. The molecule has 0 saturated heterocycles. The monoisotopic (exact) mass is 545 g/mol. The summed E-state index contributed by atoms with van der Waals surface area (Å²) in [7, 11) is 1.82. The zero-order valence-electron chi connectivity index (χ0n) is 21.7. The maximum absolute atomic E-state index is 12.5. The van der Waals surface area contributed by atoms with Gasteiger partial charge in [-0.15, -0.1) is 13.2 Å². The molecule has 5 rings (SSSR count). The number of fused-ring (bicyclic) bond motifs is 3. The summed E-state index contributed by atoms with van der Waals surface area (Å²) in [5.74, 6) is -0.261. The number of alkyl halides is 3. The number of aryl methyl sites for hydroxylation is 3. The second kappa shape index (κ2) is 10.6. The van der Waals surface area contributed by atoms with E-state index in [2.05, 4.69) is 47.8 Å². The van der Waals surface area contributed by atoms with Gasteiger partial charge in [0.2, 0.25) is 0 Å². The lowest BCUT2D eigenvalue weighted by Crippen LogP contribution is -2.16. The molecule has 1 heterocycles. The molecule has 0 aliphatic carbocycles. The minimum atomic E-state index is -4.73. The van der Waals surface area contributed by atoms with E-state index in [9.17, 15) is 13.2 Å². The molecule has 0 atom stereocenters. The fourth-order valence-corrected chi connectivity index (χ4v) is 5.09. The number of hydrogen-bond acceptors (Lipinski definition) is 4. The highest BCUT2D eigenvalue weighted by atomic mass is 32.1. The molecule has 0 aliphatic heterocycles. The third kappa shape index (κ3) is 5.86. The van der Waals surface area contributed by atoms with Gasteiger partial charge in [0.15, 0.2) is 0 Å². The Morgan fingerprint density at radius 3 is 2.36 bits per heavy atom. The van der Waals surface area contributed by atoms with E-state index in [1.165, 1.54) is 28.8 Å². The molecule has 39 heavy (non-hydrogen) atoms. The Morgan fingerprint density at radius 2 is 1.67 bits per heavy atom. The summed E-state index contributed by atoms with van der Waals surface area (Å²) in [5, 5.41) is 7.63. The Balaban J connectivity index is 1.36. The largest absolute Gasteiger partial charge is 0.573 e. The molecule has 0 unspecified atom stereocenters. The van der Waals surface area contributed by atoms with Crippen LogP contribution in [-0.2, 0) is 13.5 Å². The minimum absolute atomic E-state index is 0.261. The fraction of sp³-hybridized carbons (Fsp3) is 0.194. The van der Waals surface area contributed by atoms with Crippen molar-refractivity contribution >= 4 is 45.0 Å². The molecule has 0 fully saturated rings. The van der Waals surface area contributed by atoms with Crippen LogP contribution in [-0.4, -0.2) is 33.8 Å². The van der Waals surface area contributed by atoms with Crippen molar-refractivity contribution in [3.8, 4) is 17.0 Å². The Morgan fingerprint density at radius 1 is 0.974 bits per heavy atom. The quantitative estimate of drug-likeness (QED) is 0.154. The lowest BCUT2D eigenvalue weighted by molar-refractivity contribution is -0.274. The molecule has 4 aromatic carbocycles. The summed E-state index contributed by atoms with van der Waals surface area (Å²) < 4.78 is 43.3. The molecule has 0 N–H and O–H groups in total. The predicted octanol–water partition coefficient (Wildman–Crippen LogP) is 7.94. The number of ether oxygens (including phenoxy) is 1. The van der Waals surface area contributed by atoms with Crippen molar-refractivity contribution in [2.24, 2.45) is 12.0 Å². The number of hydrogen-bond donors (Lipinski definition) is 0. The normalized spacial score (nSPS) is 12.1. The second-order valence-electron chi connectivity index (χ2n) is 9.54. The van der Waals surface area contributed by atoms with Crippen molar-refractivity contribution in [1.82, 2.24) is 9.78 Å².